The second-order valence-corrected chi connectivity index (χ2v) is 7.98. The van der Waals surface area contributed by atoms with Crippen LogP contribution in [0.15, 0.2) is 53.3 Å². The number of aromatic nitrogens is 4. The molecule has 0 radical (unpaired) electrons. The van der Waals surface area contributed by atoms with E-state index in [2.05, 4.69) is 15.5 Å². The molecular formula is C23H24FN5O2. The van der Waals surface area contributed by atoms with Crippen molar-refractivity contribution >= 4 is 22.6 Å². The fourth-order valence-electron chi connectivity index (χ4n) is 3.62. The van der Waals surface area contributed by atoms with Crippen molar-refractivity contribution in [1.82, 2.24) is 24.5 Å². The summed E-state index contributed by atoms with van der Waals surface area (Å²) in [7, 11) is 0. The van der Waals surface area contributed by atoms with Gasteiger partial charge in [0.2, 0.25) is 11.7 Å². The van der Waals surface area contributed by atoms with Gasteiger partial charge in [-0.15, -0.1) is 10.2 Å². The highest BCUT2D eigenvalue weighted by molar-refractivity contribution is 5.80. The van der Waals surface area contributed by atoms with E-state index in [1.54, 1.807) is 22.8 Å². The van der Waals surface area contributed by atoms with Crippen molar-refractivity contribution in [2.45, 2.75) is 39.8 Å². The maximum atomic E-state index is 13.0. The lowest BCUT2D eigenvalue weighted by molar-refractivity contribution is -0.121. The molecule has 0 saturated heterocycles. The molecular weight excluding hydrogens is 397 g/mol. The topological polar surface area (TPSA) is 81.3 Å². The SMILES string of the molecule is CC(C)Cn1c(=O)c2ccccc2n2c(CCC(=O)NCc3ccc(F)cc3)nnc12. The summed E-state index contributed by atoms with van der Waals surface area (Å²) in [5, 5.41) is 12.0. The smallest absolute Gasteiger partial charge is 0.262 e. The average molecular weight is 421 g/mol. The van der Waals surface area contributed by atoms with Crippen LogP contribution in [-0.4, -0.2) is 25.1 Å². The van der Waals surface area contributed by atoms with Crippen molar-refractivity contribution in [1.29, 1.82) is 0 Å². The zero-order chi connectivity index (χ0) is 22.0. The summed E-state index contributed by atoms with van der Waals surface area (Å²) >= 11 is 0. The van der Waals surface area contributed by atoms with Gasteiger partial charge in [-0.2, -0.15) is 0 Å². The van der Waals surface area contributed by atoms with Gasteiger partial charge in [-0.25, -0.2) is 4.39 Å². The molecule has 0 aliphatic heterocycles. The third-order valence-electron chi connectivity index (χ3n) is 5.10. The monoisotopic (exact) mass is 421 g/mol. The quantitative estimate of drug-likeness (QED) is 0.497. The number of nitrogens with one attached hydrogen (secondary N) is 1. The Hall–Kier alpha value is -3.55. The van der Waals surface area contributed by atoms with Gasteiger partial charge in [0.05, 0.1) is 10.9 Å². The van der Waals surface area contributed by atoms with E-state index in [9.17, 15) is 14.0 Å². The molecule has 2 aromatic carbocycles. The number of rotatable bonds is 7. The lowest BCUT2D eigenvalue weighted by atomic mass is 10.2. The Balaban J connectivity index is 1.58. The molecule has 1 amide bonds. The average Bonchev–Trinajstić information content (AvgIpc) is 3.18. The van der Waals surface area contributed by atoms with E-state index in [-0.39, 0.29) is 29.6 Å². The highest BCUT2D eigenvalue weighted by Gasteiger charge is 2.17. The predicted octanol–water partition coefficient (Wildman–Crippen LogP) is 3.09. The predicted molar refractivity (Wildman–Crippen MR) is 116 cm³/mol. The first-order chi connectivity index (χ1) is 14.9. The number of carbonyl (C=O) groups is 1. The molecule has 2 heterocycles. The Bertz CT molecular complexity index is 1290. The minimum absolute atomic E-state index is 0.0900. The number of nitrogens with zero attached hydrogens (tertiary/aromatic N) is 4. The van der Waals surface area contributed by atoms with Crippen molar-refractivity contribution in [2.75, 3.05) is 0 Å². The molecule has 8 heteroatoms. The number of aryl methyl sites for hydroxylation is 1. The van der Waals surface area contributed by atoms with E-state index in [0.717, 1.165) is 11.1 Å². The van der Waals surface area contributed by atoms with Gasteiger partial charge >= 0.3 is 0 Å². The van der Waals surface area contributed by atoms with Crippen molar-refractivity contribution in [3.63, 3.8) is 0 Å². The molecule has 0 aliphatic rings. The first-order valence-electron chi connectivity index (χ1n) is 10.3. The van der Waals surface area contributed by atoms with Crippen molar-refractivity contribution < 1.29 is 9.18 Å². The van der Waals surface area contributed by atoms with Gasteiger partial charge in [-0.3, -0.25) is 18.6 Å². The minimum Gasteiger partial charge on any atom is -0.352 e. The van der Waals surface area contributed by atoms with Gasteiger partial charge in [-0.05, 0) is 35.7 Å². The highest BCUT2D eigenvalue weighted by Crippen LogP contribution is 2.16. The Morgan fingerprint density at radius 1 is 1.10 bits per heavy atom. The summed E-state index contributed by atoms with van der Waals surface area (Å²) in [4.78, 5) is 25.3. The number of halogens is 1. The van der Waals surface area contributed by atoms with Crippen LogP contribution < -0.4 is 10.9 Å². The fourth-order valence-corrected chi connectivity index (χ4v) is 3.62. The molecule has 0 saturated carbocycles. The molecule has 0 aliphatic carbocycles. The third kappa shape index (κ3) is 4.33. The number of hydrogen-bond acceptors (Lipinski definition) is 4. The molecule has 160 valence electrons. The van der Waals surface area contributed by atoms with Crippen LogP contribution in [-0.2, 0) is 24.3 Å². The molecule has 4 aromatic rings. The number of para-hydroxylation sites is 1. The molecule has 2 aromatic heterocycles. The van der Waals surface area contributed by atoms with Crippen LogP contribution in [0.2, 0.25) is 0 Å². The van der Waals surface area contributed by atoms with E-state index < -0.39 is 0 Å². The minimum atomic E-state index is -0.308. The Labute approximate surface area is 178 Å². The van der Waals surface area contributed by atoms with Gasteiger partial charge in [-0.1, -0.05) is 38.1 Å². The molecule has 31 heavy (non-hydrogen) atoms. The second kappa shape index (κ2) is 8.67. The summed E-state index contributed by atoms with van der Waals surface area (Å²) in [5.74, 6) is 0.928. The van der Waals surface area contributed by atoms with E-state index in [1.165, 1.54) is 12.1 Å². The number of benzene rings is 2. The Morgan fingerprint density at radius 2 is 1.84 bits per heavy atom. The molecule has 7 nitrogen and oxygen atoms in total. The largest absolute Gasteiger partial charge is 0.352 e. The van der Waals surface area contributed by atoms with Gasteiger partial charge in [0.1, 0.15) is 11.6 Å². The van der Waals surface area contributed by atoms with Crippen molar-refractivity contribution in [3.05, 3.63) is 76.1 Å². The second-order valence-electron chi connectivity index (χ2n) is 7.98. The Kier molecular flexibility index (Phi) is 5.79. The van der Waals surface area contributed by atoms with Crippen molar-refractivity contribution in [3.8, 4) is 0 Å². The van der Waals surface area contributed by atoms with E-state index in [0.29, 0.717) is 36.5 Å². The first kappa shape index (κ1) is 20.7. The number of fused-ring (bicyclic) bond motifs is 3. The summed E-state index contributed by atoms with van der Waals surface area (Å²) in [6, 6.07) is 13.4. The van der Waals surface area contributed by atoms with Crippen LogP contribution in [0, 0.1) is 11.7 Å². The first-order valence-corrected chi connectivity index (χ1v) is 10.3. The van der Waals surface area contributed by atoms with Gasteiger partial charge in [0.15, 0.2) is 0 Å². The number of carbonyl (C=O) groups excluding carboxylic acids is 1. The van der Waals surface area contributed by atoms with E-state index >= 15 is 0 Å². The van der Waals surface area contributed by atoms with E-state index in [1.807, 2.05) is 36.4 Å². The van der Waals surface area contributed by atoms with Gasteiger partial charge < -0.3 is 5.32 Å². The summed E-state index contributed by atoms with van der Waals surface area (Å²) in [6.07, 6.45) is 0.597. The summed E-state index contributed by atoms with van der Waals surface area (Å²) in [5.41, 5.74) is 1.47. The normalized spacial score (nSPS) is 11.5. The molecule has 1 N–H and O–H groups in total. The van der Waals surface area contributed by atoms with Gasteiger partial charge in [0, 0.05) is 25.9 Å². The van der Waals surface area contributed by atoms with Crippen LogP contribution in [0.1, 0.15) is 31.7 Å². The molecule has 0 fully saturated rings. The standard InChI is InChI=1S/C23H24FN5O2/c1-15(2)14-28-22(31)18-5-3-4-6-19(18)29-20(26-27-23(28)29)11-12-21(30)25-13-16-7-9-17(24)10-8-16/h3-10,15H,11-14H2,1-2H3,(H,25,30). The van der Waals surface area contributed by atoms with Crippen LogP contribution in [0.25, 0.3) is 16.7 Å². The fraction of sp³-hybridized carbons (Fsp3) is 0.304. The van der Waals surface area contributed by atoms with Crippen LogP contribution in [0.4, 0.5) is 4.39 Å². The zero-order valence-corrected chi connectivity index (χ0v) is 17.5. The lowest BCUT2D eigenvalue weighted by Gasteiger charge is -2.13. The summed E-state index contributed by atoms with van der Waals surface area (Å²) < 4.78 is 16.5. The number of amides is 1. The molecule has 0 spiro atoms. The maximum Gasteiger partial charge on any atom is 0.262 e. The van der Waals surface area contributed by atoms with Crippen LogP contribution >= 0.6 is 0 Å². The third-order valence-corrected chi connectivity index (χ3v) is 5.10. The Morgan fingerprint density at radius 3 is 2.58 bits per heavy atom. The van der Waals surface area contributed by atoms with Gasteiger partial charge in [0.25, 0.3) is 5.56 Å². The number of hydrogen-bond donors (Lipinski definition) is 1. The van der Waals surface area contributed by atoms with Crippen LogP contribution in [0.3, 0.4) is 0 Å². The van der Waals surface area contributed by atoms with E-state index in [4.69, 9.17) is 0 Å². The van der Waals surface area contributed by atoms with Crippen LogP contribution in [0.5, 0.6) is 0 Å². The summed E-state index contributed by atoms with van der Waals surface area (Å²) in [6.45, 7) is 4.95. The molecule has 4 rings (SSSR count). The maximum absolute atomic E-state index is 13.0. The zero-order valence-electron chi connectivity index (χ0n) is 17.5. The van der Waals surface area contributed by atoms with Crippen molar-refractivity contribution in [2.24, 2.45) is 5.92 Å². The molecule has 0 atom stereocenters. The molecule has 0 bridgehead atoms. The highest BCUT2D eigenvalue weighted by atomic mass is 19.1. The lowest BCUT2D eigenvalue weighted by Crippen LogP contribution is -2.26. The molecule has 0 unspecified atom stereocenters.